The number of ketones is 1. The molecule has 1 amide bonds. The number of carbonyl (C=O) groups excluding carboxylic acids is 2. The Kier molecular flexibility index (Phi) is 9.17. The Bertz CT molecular complexity index is 1240. The second-order valence-electron chi connectivity index (χ2n) is 10.6. The largest absolute Gasteiger partial charge is 0.507 e. The minimum atomic E-state index is -0.751. The van der Waals surface area contributed by atoms with Crippen LogP contribution in [0.3, 0.4) is 0 Å². The number of amides is 1. The molecule has 1 saturated heterocycles. The number of fused-ring (bicyclic) bond motifs is 1. The first-order valence-electron chi connectivity index (χ1n) is 13.8. The molecule has 0 radical (unpaired) electrons. The molecule has 2 unspecified atom stereocenters. The maximum Gasteiger partial charge on any atom is 0.295 e. The van der Waals surface area contributed by atoms with Crippen LogP contribution >= 0.6 is 0 Å². The highest BCUT2D eigenvalue weighted by molar-refractivity contribution is 6.46. The first-order chi connectivity index (χ1) is 18.7. The normalized spacial score (nSPS) is 19.9. The molecule has 8 heteroatoms. The van der Waals surface area contributed by atoms with Crippen molar-refractivity contribution in [2.24, 2.45) is 0 Å². The van der Waals surface area contributed by atoms with Crippen molar-refractivity contribution in [3.05, 3.63) is 58.7 Å². The fraction of sp³-hybridized carbons (Fsp3) is 0.484. The van der Waals surface area contributed by atoms with E-state index in [1.165, 1.54) is 0 Å². The summed E-state index contributed by atoms with van der Waals surface area (Å²) < 4.78 is 17.4. The standard InChI is InChI=1S/C31H40N2O6/c1-6-7-8-16-38-25-13-10-21(19-26(25)37-5)28-27(30(35)31(36)33(28)15-9-14-32(3)4)29(34)22-11-12-24-23(18-22)17-20(2)39-24/h10-13,18-20,28,34H,6-9,14-17H2,1-5H3. The van der Waals surface area contributed by atoms with Gasteiger partial charge in [0.1, 0.15) is 17.6 Å². The minimum Gasteiger partial charge on any atom is -0.507 e. The van der Waals surface area contributed by atoms with E-state index < -0.39 is 17.7 Å². The van der Waals surface area contributed by atoms with Gasteiger partial charge >= 0.3 is 0 Å². The van der Waals surface area contributed by atoms with Gasteiger partial charge in [0.05, 0.1) is 25.3 Å². The summed E-state index contributed by atoms with van der Waals surface area (Å²) in [6.07, 6.45) is 4.57. The van der Waals surface area contributed by atoms with Crippen molar-refractivity contribution < 1.29 is 28.9 Å². The zero-order valence-corrected chi connectivity index (χ0v) is 23.7. The fourth-order valence-corrected chi connectivity index (χ4v) is 5.25. The number of methoxy groups -OCH3 is 1. The van der Waals surface area contributed by atoms with E-state index in [2.05, 4.69) is 6.92 Å². The van der Waals surface area contributed by atoms with Gasteiger partial charge in [-0.1, -0.05) is 25.8 Å². The highest BCUT2D eigenvalue weighted by Gasteiger charge is 2.46. The lowest BCUT2D eigenvalue weighted by molar-refractivity contribution is -0.139. The molecule has 39 heavy (non-hydrogen) atoms. The predicted octanol–water partition coefficient (Wildman–Crippen LogP) is 4.96. The summed E-state index contributed by atoms with van der Waals surface area (Å²) in [7, 11) is 5.50. The van der Waals surface area contributed by atoms with Gasteiger partial charge in [0.2, 0.25) is 0 Å². The Morgan fingerprint density at radius 2 is 1.90 bits per heavy atom. The molecule has 1 fully saturated rings. The lowest BCUT2D eigenvalue weighted by Crippen LogP contribution is -2.32. The first-order valence-corrected chi connectivity index (χ1v) is 13.8. The molecule has 2 aliphatic heterocycles. The van der Waals surface area contributed by atoms with Gasteiger partial charge in [0, 0.05) is 18.5 Å². The number of hydrogen-bond acceptors (Lipinski definition) is 7. The number of nitrogens with zero attached hydrogens (tertiary/aromatic N) is 2. The van der Waals surface area contributed by atoms with Crippen LogP contribution < -0.4 is 14.2 Å². The number of likely N-dealkylation sites (tertiary alicyclic amines) is 1. The van der Waals surface area contributed by atoms with Crippen molar-refractivity contribution in [2.75, 3.05) is 40.9 Å². The summed E-state index contributed by atoms with van der Waals surface area (Å²) in [5.74, 6) is 0.415. The van der Waals surface area contributed by atoms with E-state index in [4.69, 9.17) is 14.2 Å². The van der Waals surface area contributed by atoms with Crippen molar-refractivity contribution in [3.8, 4) is 17.2 Å². The lowest BCUT2D eigenvalue weighted by atomic mass is 9.94. The number of benzene rings is 2. The number of unbranched alkanes of at least 4 members (excludes halogenated alkanes) is 2. The molecule has 210 valence electrons. The average Bonchev–Trinajstić information content (AvgIpc) is 3.41. The van der Waals surface area contributed by atoms with E-state index in [1.807, 2.05) is 50.2 Å². The molecule has 0 spiro atoms. The summed E-state index contributed by atoms with van der Waals surface area (Å²) in [5, 5.41) is 11.5. The third-order valence-corrected chi connectivity index (χ3v) is 7.22. The SMILES string of the molecule is CCCCCOc1ccc(C2C(=C(O)c3ccc4c(c3)CC(C)O4)C(=O)C(=O)N2CCCN(C)C)cc1OC. The zero-order chi connectivity index (χ0) is 28.1. The van der Waals surface area contributed by atoms with E-state index in [1.54, 1.807) is 24.1 Å². The molecular weight excluding hydrogens is 496 g/mol. The summed E-state index contributed by atoms with van der Waals surface area (Å²) >= 11 is 0. The number of carbonyl (C=O) groups is 2. The second kappa shape index (κ2) is 12.6. The number of Topliss-reactive ketones (excluding diaryl/α,β-unsaturated/α-hetero) is 1. The topological polar surface area (TPSA) is 88.5 Å². The minimum absolute atomic E-state index is 0.0508. The Hall–Kier alpha value is -3.52. The molecule has 2 atom stereocenters. The highest BCUT2D eigenvalue weighted by Crippen LogP contribution is 2.43. The third kappa shape index (κ3) is 6.22. The second-order valence-corrected chi connectivity index (χ2v) is 10.6. The van der Waals surface area contributed by atoms with Crippen LogP contribution in [-0.2, 0) is 16.0 Å². The maximum atomic E-state index is 13.4. The average molecular weight is 537 g/mol. The molecule has 2 heterocycles. The highest BCUT2D eigenvalue weighted by atomic mass is 16.5. The van der Waals surface area contributed by atoms with Gasteiger partial charge in [-0.05, 0) is 81.9 Å². The van der Waals surface area contributed by atoms with Gasteiger partial charge in [-0.2, -0.15) is 0 Å². The maximum absolute atomic E-state index is 13.4. The first kappa shape index (κ1) is 28.5. The van der Waals surface area contributed by atoms with Crippen LogP contribution in [0, 0.1) is 0 Å². The van der Waals surface area contributed by atoms with Crippen molar-refractivity contribution in [3.63, 3.8) is 0 Å². The Morgan fingerprint density at radius 1 is 1.10 bits per heavy atom. The molecule has 0 saturated carbocycles. The molecule has 0 bridgehead atoms. The Labute approximate surface area is 231 Å². The van der Waals surface area contributed by atoms with Gasteiger partial charge in [0.15, 0.2) is 11.5 Å². The molecule has 2 aromatic rings. The smallest absolute Gasteiger partial charge is 0.295 e. The quantitative estimate of drug-likeness (QED) is 0.178. The summed E-state index contributed by atoms with van der Waals surface area (Å²) in [6.45, 7) is 5.84. The van der Waals surface area contributed by atoms with E-state index >= 15 is 0 Å². The van der Waals surface area contributed by atoms with Crippen molar-refractivity contribution in [2.45, 2.75) is 58.1 Å². The molecule has 4 rings (SSSR count). The number of hydrogen-bond donors (Lipinski definition) is 1. The van der Waals surface area contributed by atoms with Gasteiger partial charge in [-0.15, -0.1) is 0 Å². The van der Waals surface area contributed by atoms with Crippen LogP contribution in [0.5, 0.6) is 17.2 Å². The third-order valence-electron chi connectivity index (χ3n) is 7.22. The van der Waals surface area contributed by atoms with Crippen LogP contribution in [0.4, 0.5) is 0 Å². The van der Waals surface area contributed by atoms with Crippen LogP contribution in [0.15, 0.2) is 42.0 Å². The van der Waals surface area contributed by atoms with Crippen LogP contribution in [-0.4, -0.2) is 73.6 Å². The van der Waals surface area contributed by atoms with Gasteiger partial charge < -0.3 is 29.1 Å². The van der Waals surface area contributed by atoms with Crippen molar-refractivity contribution in [1.29, 1.82) is 0 Å². The molecule has 1 N–H and O–H groups in total. The summed E-state index contributed by atoms with van der Waals surface area (Å²) in [4.78, 5) is 30.3. The van der Waals surface area contributed by atoms with Crippen LogP contribution in [0.25, 0.3) is 5.76 Å². The fourth-order valence-electron chi connectivity index (χ4n) is 5.25. The Balaban J connectivity index is 1.74. The number of aliphatic hydroxyl groups excluding tert-OH is 1. The van der Waals surface area contributed by atoms with E-state index in [0.29, 0.717) is 42.2 Å². The monoisotopic (exact) mass is 536 g/mol. The van der Waals surface area contributed by atoms with E-state index in [-0.39, 0.29) is 17.4 Å². The molecule has 2 aliphatic rings. The molecule has 0 aliphatic carbocycles. The van der Waals surface area contributed by atoms with Crippen molar-refractivity contribution >= 4 is 17.4 Å². The molecule has 2 aromatic carbocycles. The summed E-state index contributed by atoms with van der Waals surface area (Å²) in [6, 6.07) is 10.1. The summed E-state index contributed by atoms with van der Waals surface area (Å²) in [5.41, 5.74) is 2.21. The van der Waals surface area contributed by atoms with E-state index in [9.17, 15) is 14.7 Å². The lowest BCUT2D eigenvalue weighted by Gasteiger charge is -2.26. The van der Waals surface area contributed by atoms with Crippen LogP contribution in [0.2, 0.25) is 0 Å². The number of rotatable bonds is 12. The van der Waals surface area contributed by atoms with E-state index in [0.717, 1.165) is 43.5 Å². The van der Waals surface area contributed by atoms with Gasteiger partial charge in [-0.25, -0.2) is 0 Å². The predicted molar refractivity (Wildman–Crippen MR) is 150 cm³/mol. The molecular formula is C31H40N2O6. The van der Waals surface area contributed by atoms with Gasteiger partial charge in [-0.3, -0.25) is 9.59 Å². The zero-order valence-electron chi connectivity index (χ0n) is 23.7. The number of aliphatic hydroxyl groups is 1. The molecule has 8 nitrogen and oxygen atoms in total. The van der Waals surface area contributed by atoms with Crippen molar-refractivity contribution in [1.82, 2.24) is 9.80 Å². The van der Waals surface area contributed by atoms with Crippen LogP contribution in [0.1, 0.15) is 62.3 Å². The Morgan fingerprint density at radius 3 is 2.62 bits per heavy atom. The number of ether oxygens (including phenoxy) is 3. The molecule has 0 aromatic heterocycles. The van der Waals surface area contributed by atoms with Gasteiger partial charge in [0.25, 0.3) is 11.7 Å².